The summed E-state index contributed by atoms with van der Waals surface area (Å²) in [6.45, 7) is 11.6. The third-order valence-electron chi connectivity index (χ3n) is 5.09. The fraction of sp³-hybridized carbons (Fsp3) is 0.588. The summed E-state index contributed by atoms with van der Waals surface area (Å²) in [5, 5.41) is 11.0. The van der Waals surface area contributed by atoms with Crippen molar-refractivity contribution in [3.05, 3.63) is 28.8 Å². The van der Waals surface area contributed by atoms with E-state index in [1.165, 1.54) is 18.5 Å². The van der Waals surface area contributed by atoms with Gasteiger partial charge in [-0.05, 0) is 42.6 Å². The van der Waals surface area contributed by atoms with Gasteiger partial charge in [0.2, 0.25) is 5.28 Å². The lowest BCUT2D eigenvalue weighted by Gasteiger charge is -2.36. The highest BCUT2D eigenvalue weighted by molar-refractivity contribution is 6.74. The molecular weight excluding hydrogens is 354 g/mol. The van der Waals surface area contributed by atoms with Gasteiger partial charge in [-0.25, -0.2) is 9.97 Å². The molecule has 1 saturated carbocycles. The van der Waals surface area contributed by atoms with E-state index in [2.05, 4.69) is 59.3 Å². The number of anilines is 2. The summed E-state index contributed by atoms with van der Waals surface area (Å²) in [6, 6.07) is 2.03. The number of nitrogens with one attached hydrogen (secondary N) is 2. The molecule has 0 amide bonds. The van der Waals surface area contributed by atoms with Gasteiger partial charge < -0.3 is 9.74 Å². The number of rotatable bonds is 6. The average molecular weight is 380 g/mol. The van der Waals surface area contributed by atoms with Gasteiger partial charge in [-0.2, -0.15) is 5.10 Å². The van der Waals surface area contributed by atoms with Crippen molar-refractivity contribution in [1.82, 2.24) is 20.2 Å². The van der Waals surface area contributed by atoms with Gasteiger partial charge in [-0.15, -0.1) is 0 Å². The van der Waals surface area contributed by atoms with Crippen LogP contribution in [-0.4, -0.2) is 28.5 Å². The monoisotopic (exact) mass is 379 g/mol. The summed E-state index contributed by atoms with van der Waals surface area (Å²) < 4.78 is 6.30. The zero-order valence-corrected chi connectivity index (χ0v) is 17.2. The zero-order chi connectivity index (χ0) is 18.2. The second-order valence-corrected chi connectivity index (χ2v) is 13.3. The zero-order valence-electron chi connectivity index (χ0n) is 15.5. The maximum atomic E-state index is 6.30. The Bertz CT molecular complexity index is 752. The maximum Gasteiger partial charge on any atom is 0.224 e. The number of nitrogens with zero attached hydrogens (tertiary/aromatic N) is 3. The van der Waals surface area contributed by atoms with Gasteiger partial charge in [0.25, 0.3) is 0 Å². The molecule has 2 heterocycles. The molecule has 2 N–H and O–H groups in total. The highest BCUT2D eigenvalue weighted by Gasteiger charge is 2.37. The molecule has 0 aromatic carbocycles. The number of hydrogen-bond acceptors (Lipinski definition) is 5. The molecule has 0 aliphatic heterocycles. The van der Waals surface area contributed by atoms with Gasteiger partial charge in [-0.3, -0.25) is 5.10 Å². The summed E-state index contributed by atoms with van der Waals surface area (Å²) in [5.74, 6) is 2.01. The van der Waals surface area contributed by atoms with Crippen LogP contribution in [-0.2, 0) is 11.0 Å². The second-order valence-electron chi connectivity index (χ2n) is 8.17. The van der Waals surface area contributed by atoms with E-state index in [1.54, 1.807) is 6.20 Å². The lowest BCUT2D eigenvalue weighted by Crippen LogP contribution is -2.40. The molecule has 25 heavy (non-hydrogen) atoms. The van der Waals surface area contributed by atoms with Crippen LogP contribution < -0.4 is 5.32 Å². The van der Waals surface area contributed by atoms with E-state index in [0.717, 1.165) is 11.4 Å². The molecule has 2 aromatic rings. The van der Waals surface area contributed by atoms with Gasteiger partial charge in [0.1, 0.15) is 5.82 Å². The number of H-pyrrole nitrogens is 1. The van der Waals surface area contributed by atoms with Crippen LogP contribution in [0.15, 0.2) is 12.3 Å². The van der Waals surface area contributed by atoms with Crippen LogP contribution in [0.3, 0.4) is 0 Å². The van der Waals surface area contributed by atoms with Crippen molar-refractivity contribution in [3.63, 3.8) is 0 Å². The van der Waals surface area contributed by atoms with Crippen LogP contribution in [0.4, 0.5) is 11.6 Å². The van der Waals surface area contributed by atoms with Crippen LogP contribution in [0.1, 0.15) is 50.8 Å². The van der Waals surface area contributed by atoms with E-state index >= 15 is 0 Å². The van der Waals surface area contributed by atoms with Crippen molar-refractivity contribution >= 4 is 31.6 Å². The molecule has 136 valence electrons. The van der Waals surface area contributed by atoms with Gasteiger partial charge in [0.15, 0.2) is 14.1 Å². The quantitative estimate of drug-likeness (QED) is 0.545. The predicted octanol–water partition coefficient (Wildman–Crippen LogP) is 5.00. The molecule has 8 heteroatoms. The molecule has 0 saturated heterocycles. The largest absolute Gasteiger partial charge is 0.412 e. The Morgan fingerprint density at radius 3 is 2.72 bits per heavy atom. The molecule has 2 aromatic heterocycles. The van der Waals surface area contributed by atoms with Crippen molar-refractivity contribution in [1.29, 1.82) is 0 Å². The van der Waals surface area contributed by atoms with Gasteiger partial charge in [0, 0.05) is 29.4 Å². The summed E-state index contributed by atoms with van der Waals surface area (Å²) in [5.41, 5.74) is 2.05. The van der Waals surface area contributed by atoms with Crippen molar-refractivity contribution in [2.45, 2.75) is 64.3 Å². The van der Waals surface area contributed by atoms with Crippen LogP contribution in [0.5, 0.6) is 0 Å². The Morgan fingerprint density at radius 2 is 2.08 bits per heavy atom. The van der Waals surface area contributed by atoms with E-state index in [1.807, 2.05) is 6.07 Å². The molecule has 1 aliphatic rings. The van der Waals surface area contributed by atoms with Crippen LogP contribution in [0.2, 0.25) is 23.4 Å². The van der Waals surface area contributed by atoms with E-state index in [-0.39, 0.29) is 10.3 Å². The minimum Gasteiger partial charge on any atom is -0.412 e. The Balaban J connectivity index is 1.75. The number of aromatic amines is 1. The molecule has 6 nitrogen and oxygen atoms in total. The Morgan fingerprint density at radius 1 is 1.36 bits per heavy atom. The summed E-state index contributed by atoms with van der Waals surface area (Å²) in [7, 11) is -1.86. The Hall–Kier alpha value is -1.44. The van der Waals surface area contributed by atoms with Crippen molar-refractivity contribution in [2.24, 2.45) is 0 Å². The predicted molar refractivity (Wildman–Crippen MR) is 103 cm³/mol. The minimum atomic E-state index is -1.86. The van der Waals surface area contributed by atoms with Crippen LogP contribution in [0, 0.1) is 0 Å². The average Bonchev–Trinajstić information content (AvgIpc) is 3.26. The van der Waals surface area contributed by atoms with Gasteiger partial charge in [0.05, 0.1) is 6.61 Å². The topological polar surface area (TPSA) is 75.7 Å². The maximum absolute atomic E-state index is 6.30. The fourth-order valence-corrected chi connectivity index (χ4v) is 3.28. The Labute approximate surface area is 154 Å². The van der Waals surface area contributed by atoms with Crippen molar-refractivity contribution < 1.29 is 4.43 Å². The molecule has 0 bridgehead atoms. The summed E-state index contributed by atoms with van der Waals surface area (Å²) in [6.07, 6.45) is 4.18. The molecule has 0 unspecified atom stereocenters. The number of aromatic nitrogens is 4. The second kappa shape index (κ2) is 6.70. The minimum absolute atomic E-state index is 0.148. The van der Waals surface area contributed by atoms with E-state index in [4.69, 9.17) is 16.0 Å². The van der Waals surface area contributed by atoms with Crippen molar-refractivity contribution in [3.8, 4) is 0 Å². The standard InChI is InChI=1S/C17H26ClN5OSi/c1-17(2,3)25(4,5)24-10-12-9-19-16(18)21-15(12)20-14-8-13(22-23-14)11-6-7-11/h8-9,11H,6-7,10H2,1-5H3,(H2,19,20,21,22,23). The number of hydrogen-bond donors (Lipinski definition) is 2. The molecule has 0 radical (unpaired) electrons. The molecule has 3 rings (SSSR count). The third-order valence-corrected chi connectivity index (χ3v) is 9.75. The van der Waals surface area contributed by atoms with Crippen LogP contribution >= 0.6 is 11.6 Å². The molecule has 0 atom stereocenters. The fourth-order valence-electron chi connectivity index (χ4n) is 2.20. The molecular formula is C17H26ClN5OSi. The first-order chi connectivity index (χ1) is 11.7. The first-order valence-corrected chi connectivity index (χ1v) is 11.9. The molecule has 1 fully saturated rings. The summed E-state index contributed by atoms with van der Waals surface area (Å²) in [4.78, 5) is 8.43. The molecule has 0 spiro atoms. The first kappa shape index (κ1) is 18.4. The summed E-state index contributed by atoms with van der Waals surface area (Å²) >= 11 is 5.99. The highest BCUT2D eigenvalue weighted by atomic mass is 35.5. The smallest absolute Gasteiger partial charge is 0.224 e. The van der Waals surface area contributed by atoms with Gasteiger partial charge >= 0.3 is 0 Å². The SMILES string of the molecule is CC(C)(C)[Si](C)(C)OCc1cnc(Cl)nc1Nc1cc(C2CC2)[nH]n1. The number of halogens is 1. The molecule has 1 aliphatic carbocycles. The third kappa shape index (κ3) is 4.40. The lowest BCUT2D eigenvalue weighted by molar-refractivity contribution is 0.276. The van der Waals surface area contributed by atoms with E-state index in [9.17, 15) is 0 Å². The van der Waals surface area contributed by atoms with Crippen LogP contribution in [0.25, 0.3) is 0 Å². The normalized spacial score (nSPS) is 15.4. The highest BCUT2D eigenvalue weighted by Crippen LogP contribution is 2.40. The van der Waals surface area contributed by atoms with E-state index in [0.29, 0.717) is 18.3 Å². The van der Waals surface area contributed by atoms with Gasteiger partial charge in [-0.1, -0.05) is 20.8 Å². The van der Waals surface area contributed by atoms with Crippen molar-refractivity contribution in [2.75, 3.05) is 5.32 Å². The first-order valence-electron chi connectivity index (χ1n) is 8.63. The lowest BCUT2D eigenvalue weighted by atomic mass is 10.2. The van der Waals surface area contributed by atoms with E-state index < -0.39 is 8.32 Å². The Kier molecular flexibility index (Phi) is 4.92.